The van der Waals surface area contributed by atoms with Crippen molar-refractivity contribution in [1.82, 2.24) is 10.2 Å². The van der Waals surface area contributed by atoms with E-state index in [0.717, 1.165) is 41.4 Å². The van der Waals surface area contributed by atoms with E-state index in [0.29, 0.717) is 0 Å². The summed E-state index contributed by atoms with van der Waals surface area (Å²) in [6.07, 6.45) is 2.60. The lowest BCUT2D eigenvalue weighted by atomic mass is 9.97. The zero-order valence-electron chi connectivity index (χ0n) is 12.3. The maximum atomic E-state index is 14.0. The van der Waals surface area contributed by atoms with Crippen LogP contribution in [-0.4, -0.2) is 50.7 Å². The molecule has 2 aliphatic rings. The number of piperazine rings is 1. The molecular formula is C16H23FIN3. The van der Waals surface area contributed by atoms with Crippen LogP contribution < -0.4 is 10.2 Å². The van der Waals surface area contributed by atoms with E-state index in [1.165, 1.54) is 32.5 Å². The fourth-order valence-electron chi connectivity index (χ4n) is 3.34. The van der Waals surface area contributed by atoms with Crippen molar-refractivity contribution >= 4 is 28.3 Å². The van der Waals surface area contributed by atoms with Crippen LogP contribution in [0.2, 0.25) is 0 Å². The van der Waals surface area contributed by atoms with Crippen LogP contribution >= 0.6 is 22.6 Å². The van der Waals surface area contributed by atoms with Crippen LogP contribution in [-0.2, 0) is 0 Å². The molecule has 0 spiro atoms. The largest absolute Gasteiger partial charge is 0.367 e. The number of nitrogens with one attached hydrogen (secondary N) is 1. The van der Waals surface area contributed by atoms with E-state index in [-0.39, 0.29) is 5.82 Å². The van der Waals surface area contributed by atoms with Crippen LogP contribution in [0, 0.1) is 15.3 Å². The predicted octanol–water partition coefficient (Wildman–Crippen LogP) is 2.55. The first-order valence-corrected chi connectivity index (χ1v) is 8.93. The van der Waals surface area contributed by atoms with E-state index in [9.17, 15) is 4.39 Å². The molecule has 0 saturated carbocycles. The van der Waals surface area contributed by atoms with Crippen LogP contribution in [0.4, 0.5) is 10.1 Å². The van der Waals surface area contributed by atoms with Gasteiger partial charge in [-0.05, 0) is 72.6 Å². The molecule has 1 aromatic carbocycles. The van der Waals surface area contributed by atoms with Crippen LogP contribution in [0.5, 0.6) is 0 Å². The van der Waals surface area contributed by atoms with Crippen molar-refractivity contribution in [3.63, 3.8) is 0 Å². The third-order valence-corrected chi connectivity index (χ3v) is 5.27. The van der Waals surface area contributed by atoms with Gasteiger partial charge < -0.3 is 10.2 Å². The van der Waals surface area contributed by atoms with E-state index >= 15 is 0 Å². The molecule has 2 saturated heterocycles. The van der Waals surface area contributed by atoms with Crippen LogP contribution in [0.25, 0.3) is 0 Å². The normalized spacial score (nSPS) is 21.7. The van der Waals surface area contributed by atoms with Gasteiger partial charge in [0.25, 0.3) is 0 Å². The average molecular weight is 403 g/mol. The van der Waals surface area contributed by atoms with E-state index in [4.69, 9.17) is 0 Å². The Kier molecular flexibility index (Phi) is 5.34. The highest BCUT2D eigenvalue weighted by Crippen LogP contribution is 2.23. The maximum absolute atomic E-state index is 14.0. The van der Waals surface area contributed by atoms with Crippen LogP contribution in [0.3, 0.4) is 0 Å². The van der Waals surface area contributed by atoms with Gasteiger partial charge in [-0.1, -0.05) is 0 Å². The van der Waals surface area contributed by atoms with Gasteiger partial charge in [-0.15, -0.1) is 0 Å². The van der Waals surface area contributed by atoms with E-state index in [1.807, 2.05) is 12.1 Å². The van der Waals surface area contributed by atoms with Gasteiger partial charge in [-0.25, -0.2) is 4.39 Å². The first kappa shape index (κ1) is 15.5. The molecule has 0 aromatic heterocycles. The Morgan fingerprint density at radius 2 is 1.86 bits per heavy atom. The van der Waals surface area contributed by atoms with Crippen molar-refractivity contribution < 1.29 is 4.39 Å². The summed E-state index contributed by atoms with van der Waals surface area (Å²) in [7, 11) is 0. The number of nitrogens with zero attached hydrogens (tertiary/aromatic N) is 2. The molecule has 0 radical (unpaired) electrons. The van der Waals surface area contributed by atoms with E-state index in [2.05, 4.69) is 37.7 Å². The number of hydrogen-bond acceptors (Lipinski definition) is 3. The van der Waals surface area contributed by atoms with Crippen molar-refractivity contribution in [3.05, 3.63) is 27.6 Å². The first-order valence-electron chi connectivity index (χ1n) is 7.85. The summed E-state index contributed by atoms with van der Waals surface area (Å²) in [5.74, 6) is 0.751. The quantitative estimate of drug-likeness (QED) is 0.783. The number of halogens is 2. The van der Waals surface area contributed by atoms with Gasteiger partial charge in [0.2, 0.25) is 0 Å². The molecule has 3 rings (SSSR count). The monoisotopic (exact) mass is 403 g/mol. The maximum Gasteiger partial charge on any atom is 0.147 e. The molecule has 0 amide bonds. The molecule has 1 N–H and O–H groups in total. The molecule has 5 heteroatoms. The number of benzene rings is 1. The SMILES string of the molecule is Fc1cc(I)ccc1N1CCN(CC2CCNCC2)CC1. The van der Waals surface area contributed by atoms with Crippen molar-refractivity contribution in [2.45, 2.75) is 12.8 Å². The van der Waals surface area contributed by atoms with Crippen molar-refractivity contribution in [2.24, 2.45) is 5.92 Å². The third-order valence-electron chi connectivity index (χ3n) is 4.60. The standard InChI is InChI=1S/C16H23FIN3/c17-15-11-14(18)1-2-16(15)21-9-7-20(8-10-21)12-13-3-5-19-6-4-13/h1-2,11,13,19H,3-10,12H2. The second kappa shape index (κ2) is 7.24. The summed E-state index contributed by atoms with van der Waals surface area (Å²) in [5, 5.41) is 3.42. The van der Waals surface area contributed by atoms with Crippen LogP contribution in [0.1, 0.15) is 12.8 Å². The summed E-state index contributed by atoms with van der Waals surface area (Å²) in [4.78, 5) is 4.74. The van der Waals surface area contributed by atoms with Gasteiger partial charge in [0, 0.05) is 36.3 Å². The number of anilines is 1. The number of piperidine rings is 1. The van der Waals surface area contributed by atoms with Gasteiger partial charge in [-0.2, -0.15) is 0 Å². The number of rotatable bonds is 3. The molecule has 0 atom stereocenters. The molecular weight excluding hydrogens is 380 g/mol. The van der Waals surface area contributed by atoms with Crippen molar-refractivity contribution in [3.8, 4) is 0 Å². The zero-order valence-corrected chi connectivity index (χ0v) is 14.5. The van der Waals surface area contributed by atoms with Crippen molar-refractivity contribution in [1.29, 1.82) is 0 Å². The smallest absolute Gasteiger partial charge is 0.147 e. The summed E-state index contributed by atoms with van der Waals surface area (Å²) in [6, 6.07) is 5.53. The minimum absolute atomic E-state index is 0.0892. The molecule has 0 unspecified atom stereocenters. The Hall–Kier alpha value is -0.400. The van der Waals surface area contributed by atoms with Crippen molar-refractivity contribution in [2.75, 3.05) is 50.7 Å². The molecule has 2 aliphatic heterocycles. The summed E-state index contributed by atoms with van der Waals surface area (Å²) in [5.41, 5.74) is 0.761. The van der Waals surface area contributed by atoms with Gasteiger partial charge in [0.05, 0.1) is 5.69 Å². The summed E-state index contributed by atoms with van der Waals surface area (Å²) in [6.45, 7) is 7.51. The number of hydrogen-bond donors (Lipinski definition) is 1. The predicted molar refractivity (Wildman–Crippen MR) is 93.4 cm³/mol. The highest BCUT2D eigenvalue weighted by molar-refractivity contribution is 14.1. The molecule has 116 valence electrons. The van der Waals surface area contributed by atoms with E-state index in [1.54, 1.807) is 6.07 Å². The summed E-state index contributed by atoms with van der Waals surface area (Å²) < 4.78 is 15.0. The third kappa shape index (κ3) is 4.07. The molecule has 2 fully saturated rings. The fraction of sp³-hybridized carbons (Fsp3) is 0.625. The average Bonchev–Trinajstić information content (AvgIpc) is 2.49. The van der Waals surface area contributed by atoms with E-state index < -0.39 is 0 Å². The Bertz CT molecular complexity index is 469. The van der Waals surface area contributed by atoms with Gasteiger partial charge in [0.1, 0.15) is 5.82 Å². The second-order valence-electron chi connectivity index (χ2n) is 6.08. The minimum Gasteiger partial charge on any atom is -0.367 e. The molecule has 2 heterocycles. The van der Waals surface area contributed by atoms with Gasteiger partial charge >= 0.3 is 0 Å². The molecule has 21 heavy (non-hydrogen) atoms. The molecule has 0 bridgehead atoms. The summed E-state index contributed by atoms with van der Waals surface area (Å²) >= 11 is 2.15. The second-order valence-corrected chi connectivity index (χ2v) is 7.32. The van der Waals surface area contributed by atoms with Gasteiger partial charge in [-0.3, -0.25) is 4.90 Å². The lowest BCUT2D eigenvalue weighted by molar-refractivity contribution is 0.196. The minimum atomic E-state index is -0.0892. The molecule has 0 aliphatic carbocycles. The highest BCUT2D eigenvalue weighted by Gasteiger charge is 2.22. The topological polar surface area (TPSA) is 18.5 Å². The molecule has 1 aromatic rings. The highest BCUT2D eigenvalue weighted by atomic mass is 127. The zero-order chi connectivity index (χ0) is 14.7. The van der Waals surface area contributed by atoms with Crippen LogP contribution in [0.15, 0.2) is 18.2 Å². The lowest BCUT2D eigenvalue weighted by Gasteiger charge is -2.38. The first-order chi connectivity index (χ1) is 10.2. The Morgan fingerprint density at radius 1 is 1.14 bits per heavy atom. The molecule has 3 nitrogen and oxygen atoms in total. The fourth-order valence-corrected chi connectivity index (χ4v) is 3.79. The Morgan fingerprint density at radius 3 is 2.52 bits per heavy atom. The van der Waals surface area contributed by atoms with Gasteiger partial charge in [0.15, 0.2) is 0 Å². The Labute approximate surface area is 140 Å². The lowest BCUT2D eigenvalue weighted by Crippen LogP contribution is -2.48. The Balaban J connectivity index is 1.52.